The fourth-order valence-corrected chi connectivity index (χ4v) is 4.37. The summed E-state index contributed by atoms with van der Waals surface area (Å²) in [6.07, 6.45) is 8.81. The molecular weight excluding hydrogens is 342 g/mol. The third kappa shape index (κ3) is 3.79. The number of aromatic nitrogens is 4. The second kappa shape index (κ2) is 7.62. The Morgan fingerprint density at radius 2 is 2.15 bits per heavy atom. The van der Waals surface area contributed by atoms with Crippen LogP contribution in [0, 0.1) is 6.92 Å². The number of amides is 2. The Morgan fingerprint density at radius 1 is 1.26 bits per heavy atom. The SMILES string of the molecule is Cc1cc(N2CCCC(NC(=O)N3CCCCC3c3ncc[nH]3)C2)n(C)n1. The zero-order valence-corrected chi connectivity index (χ0v) is 16.2. The molecule has 8 heteroatoms. The van der Waals surface area contributed by atoms with Crippen molar-refractivity contribution < 1.29 is 4.79 Å². The van der Waals surface area contributed by atoms with Crippen molar-refractivity contribution in [1.82, 2.24) is 30.0 Å². The Balaban J connectivity index is 1.41. The highest BCUT2D eigenvalue weighted by molar-refractivity contribution is 5.75. The van der Waals surface area contributed by atoms with Crippen molar-refractivity contribution in [3.63, 3.8) is 0 Å². The van der Waals surface area contributed by atoms with Crippen LogP contribution in [0.5, 0.6) is 0 Å². The Hall–Kier alpha value is -2.51. The molecule has 2 unspecified atom stereocenters. The molecular formula is C19H29N7O. The minimum atomic E-state index is 0.0316. The summed E-state index contributed by atoms with van der Waals surface area (Å²) < 4.78 is 1.93. The van der Waals surface area contributed by atoms with E-state index in [2.05, 4.69) is 31.3 Å². The molecule has 2 saturated heterocycles. The standard InChI is InChI=1S/C19H29N7O/c1-14-12-17(24(2)23-14)25-10-5-6-15(13-25)22-19(27)26-11-4-3-7-16(26)18-20-8-9-21-18/h8-9,12,15-16H,3-7,10-11,13H2,1-2H3,(H,20,21)(H,22,27). The average molecular weight is 371 g/mol. The topological polar surface area (TPSA) is 82.1 Å². The summed E-state index contributed by atoms with van der Waals surface area (Å²) >= 11 is 0. The predicted molar refractivity (Wildman–Crippen MR) is 104 cm³/mol. The van der Waals surface area contributed by atoms with E-state index < -0.39 is 0 Å². The molecule has 2 atom stereocenters. The lowest BCUT2D eigenvalue weighted by atomic mass is 10.0. The van der Waals surface area contributed by atoms with Gasteiger partial charge in [0.1, 0.15) is 11.6 Å². The van der Waals surface area contributed by atoms with Gasteiger partial charge in [0.15, 0.2) is 0 Å². The maximum Gasteiger partial charge on any atom is 0.318 e. The number of carbonyl (C=O) groups excluding carboxylic acids is 1. The van der Waals surface area contributed by atoms with Crippen molar-refractivity contribution in [3.05, 3.63) is 30.0 Å². The monoisotopic (exact) mass is 371 g/mol. The van der Waals surface area contributed by atoms with Crippen LogP contribution in [0.15, 0.2) is 18.5 Å². The van der Waals surface area contributed by atoms with Crippen molar-refractivity contribution >= 4 is 11.8 Å². The molecule has 4 heterocycles. The molecule has 2 aliphatic rings. The maximum absolute atomic E-state index is 13.0. The summed E-state index contributed by atoms with van der Waals surface area (Å²) in [5, 5.41) is 7.73. The Kier molecular flexibility index (Phi) is 5.05. The van der Waals surface area contributed by atoms with Gasteiger partial charge in [0.2, 0.25) is 0 Å². The lowest BCUT2D eigenvalue weighted by Crippen LogP contribution is -2.53. The number of nitrogens with zero attached hydrogens (tertiary/aromatic N) is 5. The van der Waals surface area contributed by atoms with Crippen LogP contribution >= 0.6 is 0 Å². The third-order valence-electron chi connectivity index (χ3n) is 5.65. The van der Waals surface area contributed by atoms with E-state index in [1.807, 2.05) is 29.7 Å². The highest BCUT2D eigenvalue weighted by atomic mass is 16.2. The zero-order chi connectivity index (χ0) is 18.8. The van der Waals surface area contributed by atoms with Crippen molar-refractivity contribution in [3.8, 4) is 0 Å². The van der Waals surface area contributed by atoms with Crippen LogP contribution in [0.3, 0.4) is 0 Å². The number of hydrogen-bond donors (Lipinski definition) is 2. The number of H-pyrrole nitrogens is 1. The number of aryl methyl sites for hydroxylation is 2. The summed E-state index contributed by atoms with van der Waals surface area (Å²) in [4.78, 5) is 24.9. The molecule has 0 spiro atoms. The molecule has 0 radical (unpaired) electrons. The van der Waals surface area contributed by atoms with Gasteiger partial charge in [0, 0.05) is 51.2 Å². The van der Waals surface area contributed by atoms with Gasteiger partial charge in [-0.1, -0.05) is 0 Å². The van der Waals surface area contributed by atoms with E-state index in [-0.39, 0.29) is 18.1 Å². The highest BCUT2D eigenvalue weighted by Gasteiger charge is 2.32. The van der Waals surface area contributed by atoms with Gasteiger partial charge in [-0.05, 0) is 39.0 Å². The quantitative estimate of drug-likeness (QED) is 0.868. The molecule has 0 aliphatic carbocycles. The van der Waals surface area contributed by atoms with E-state index in [0.29, 0.717) is 0 Å². The first-order chi connectivity index (χ1) is 13.1. The number of hydrogen-bond acceptors (Lipinski definition) is 4. The van der Waals surface area contributed by atoms with Crippen LogP contribution in [0.1, 0.15) is 49.7 Å². The zero-order valence-electron chi connectivity index (χ0n) is 16.2. The fourth-order valence-electron chi connectivity index (χ4n) is 4.37. The van der Waals surface area contributed by atoms with E-state index in [9.17, 15) is 4.79 Å². The molecule has 146 valence electrons. The molecule has 8 nitrogen and oxygen atoms in total. The van der Waals surface area contributed by atoms with E-state index in [1.165, 1.54) is 0 Å². The van der Waals surface area contributed by atoms with Gasteiger partial charge in [0.25, 0.3) is 0 Å². The van der Waals surface area contributed by atoms with Crippen molar-refractivity contribution in [2.45, 2.75) is 51.1 Å². The number of imidazole rings is 1. The highest BCUT2D eigenvalue weighted by Crippen LogP contribution is 2.29. The van der Waals surface area contributed by atoms with Gasteiger partial charge in [-0.3, -0.25) is 4.68 Å². The van der Waals surface area contributed by atoms with Gasteiger partial charge < -0.3 is 20.1 Å². The molecule has 2 aliphatic heterocycles. The van der Waals surface area contributed by atoms with Crippen molar-refractivity contribution in [2.75, 3.05) is 24.5 Å². The molecule has 2 aromatic heterocycles. The summed E-state index contributed by atoms with van der Waals surface area (Å²) in [7, 11) is 1.98. The molecule has 0 bridgehead atoms. The second-order valence-electron chi connectivity index (χ2n) is 7.68. The number of urea groups is 1. The summed E-state index contributed by atoms with van der Waals surface area (Å²) in [6, 6.07) is 2.35. The van der Waals surface area contributed by atoms with Gasteiger partial charge in [-0.25, -0.2) is 9.78 Å². The molecule has 2 N–H and O–H groups in total. The molecule has 2 fully saturated rings. The van der Waals surface area contributed by atoms with E-state index in [4.69, 9.17) is 0 Å². The largest absolute Gasteiger partial charge is 0.355 e. The van der Waals surface area contributed by atoms with E-state index in [0.717, 1.165) is 69.1 Å². The summed E-state index contributed by atoms with van der Waals surface area (Å²) in [5.74, 6) is 2.01. The summed E-state index contributed by atoms with van der Waals surface area (Å²) in [6.45, 7) is 4.63. The number of anilines is 1. The maximum atomic E-state index is 13.0. The number of rotatable bonds is 3. The first-order valence-electron chi connectivity index (χ1n) is 9.94. The second-order valence-corrected chi connectivity index (χ2v) is 7.68. The van der Waals surface area contributed by atoms with Crippen LogP contribution in [-0.2, 0) is 7.05 Å². The first kappa shape index (κ1) is 17.9. The molecule has 0 aromatic carbocycles. The molecule has 4 rings (SSSR count). The van der Waals surface area contributed by atoms with Gasteiger partial charge >= 0.3 is 6.03 Å². The predicted octanol–water partition coefficient (Wildman–Crippen LogP) is 2.36. The Morgan fingerprint density at radius 3 is 2.89 bits per heavy atom. The van der Waals surface area contributed by atoms with Crippen LogP contribution in [0.2, 0.25) is 0 Å². The molecule has 0 saturated carbocycles. The Bertz CT molecular complexity index is 769. The number of nitrogens with one attached hydrogen (secondary N) is 2. The lowest BCUT2D eigenvalue weighted by molar-refractivity contribution is 0.144. The van der Waals surface area contributed by atoms with Crippen molar-refractivity contribution in [2.24, 2.45) is 7.05 Å². The van der Waals surface area contributed by atoms with Crippen molar-refractivity contribution in [1.29, 1.82) is 0 Å². The van der Waals surface area contributed by atoms with Crippen LogP contribution in [0.25, 0.3) is 0 Å². The molecule has 2 amide bonds. The number of carbonyl (C=O) groups is 1. The lowest BCUT2D eigenvalue weighted by Gasteiger charge is -2.38. The van der Waals surface area contributed by atoms with Gasteiger partial charge in [-0.15, -0.1) is 0 Å². The fraction of sp³-hybridized carbons (Fsp3) is 0.632. The first-order valence-corrected chi connectivity index (χ1v) is 9.94. The van der Waals surface area contributed by atoms with Crippen LogP contribution in [-0.4, -0.2) is 56.4 Å². The molecule has 27 heavy (non-hydrogen) atoms. The number of piperidine rings is 2. The molecule has 2 aromatic rings. The summed E-state index contributed by atoms with van der Waals surface area (Å²) in [5.41, 5.74) is 1.02. The third-order valence-corrected chi connectivity index (χ3v) is 5.65. The van der Waals surface area contributed by atoms with Crippen LogP contribution < -0.4 is 10.2 Å². The van der Waals surface area contributed by atoms with E-state index >= 15 is 0 Å². The number of likely N-dealkylation sites (tertiary alicyclic amines) is 1. The Labute approximate surface area is 159 Å². The van der Waals surface area contributed by atoms with E-state index in [1.54, 1.807) is 6.20 Å². The van der Waals surface area contributed by atoms with Gasteiger partial charge in [-0.2, -0.15) is 5.10 Å². The number of aromatic amines is 1. The average Bonchev–Trinajstić information content (AvgIpc) is 3.31. The van der Waals surface area contributed by atoms with Gasteiger partial charge in [0.05, 0.1) is 11.7 Å². The smallest absolute Gasteiger partial charge is 0.318 e. The van der Waals surface area contributed by atoms with Crippen LogP contribution in [0.4, 0.5) is 10.6 Å². The minimum Gasteiger partial charge on any atom is -0.355 e. The minimum absolute atomic E-state index is 0.0316. The normalized spacial score (nSPS) is 23.5.